The molecule has 3 rings (SSSR count). The maximum atomic E-state index is 12.6. The van der Waals surface area contributed by atoms with Gasteiger partial charge in [-0.3, -0.25) is 9.69 Å². The smallest absolute Gasteiger partial charge is 0.335 e. The molecule has 1 N–H and O–H groups in total. The van der Waals surface area contributed by atoms with Gasteiger partial charge in [0, 0.05) is 12.6 Å². The fraction of sp³-hybridized carbons (Fsp3) is 0.150. The Bertz CT molecular complexity index is 935. The molecule has 0 radical (unpaired) electrons. The Morgan fingerprint density at radius 1 is 1.22 bits per heavy atom. The Hall–Kier alpha value is -3.06. The third-order valence-electron chi connectivity index (χ3n) is 3.85. The zero-order valence-corrected chi connectivity index (χ0v) is 15.7. The van der Waals surface area contributed by atoms with Crippen molar-refractivity contribution in [2.24, 2.45) is 4.99 Å². The van der Waals surface area contributed by atoms with Crippen LogP contribution in [0.5, 0.6) is 5.75 Å². The van der Waals surface area contributed by atoms with Crippen molar-refractivity contribution in [3.63, 3.8) is 0 Å². The number of carbonyl (C=O) groups is 2. The topological polar surface area (TPSA) is 79.2 Å². The molecule has 1 heterocycles. The molecule has 0 bridgehead atoms. The molecule has 1 saturated heterocycles. The Morgan fingerprint density at radius 3 is 2.59 bits per heavy atom. The summed E-state index contributed by atoms with van der Waals surface area (Å²) in [5, 5.41) is 9.49. The maximum Gasteiger partial charge on any atom is 0.335 e. The van der Waals surface area contributed by atoms with Crippen LogP contribution in [0.1, 0.15) is 22.8 Å². The average molecular weight is 382 g/mol. The van der Waals surface area contributed by atoms with E-state index in [2.05, 4.69) is 4.99 Å². The lowest BCUT2D eigenvalue weighted by atomic mass is 10.2. The molecule has 27 heavy (non-hydrogen) atoms. The summed E-state index contributed by atoms with van der Waals surface area (Å²) >= 11 is 1.27. The van der Waals surface area contributed by atoms with Gasteiger partial charge in [0.1, 0.15) is 5.75 Å². The molecule has 2 aromatic carbocycles. The zero-order chi connectivity index (χ0) is 19.4. The van der Waals surface area contributed by atoms with Crippen LogP contribution < -0.4 is 4.74 Å². The molecule has 1 aliphatic rings. The minimum atomic E-state index is -0.991. The van der Waals surface area contributed by atoms with Crippen LogP contribution in [0.2, 0.25) is 0 Å². The van der Waals surface area contributed by atoms with E-state index in [9.17, 15) is 9.59 Å². The molecular formula is C20H18N2O4S. The van der Waals surface area contributed by atoms with Crippen molar-refractivity contribution in [3.8, 4) is 5.75 Å². The molecule has 0 unspecified atom stereocenters. The minimum absolute atomic E-state index is 0.146. The number of aliphatic imine (C=N–C) groups is 1. The van der Waals surface area contributed by atoms with E-state index in [-0.39, 0.29) is 11.5 Å². The van der Waals surface area contributed by atoms with Crippen molar-refractivity contribution >= 4 is 40.6 Å². The zero-order valence-electron chi connectivity index (χ0n) is 14.9. The maximum absolute atomic E-state index is 12.6. The molecule has 6 nitrogen and oxygen atoms in total. The average Bonchev–Trinajstić information content (AvgIpc) is 2.92. The summed E-state index contributed by atoms with van der Waals surface area (Å²) in [5.74, 6) is -0.416. The predicted octanol–water partition coefficient (Wildman–Crippen LogP) is 4.02. The molecule has 0 spiro atoms. The summed E-state index contributed by atoms with van der Waals surface area (Å²) in [6, 6.07) is 13.7. The fourth-order valence-electron chi connectivity index (χ4n) is 2.47. The van der Waals surface area contributed by atoms with Crippen LogP contribution >= 0.6 is 11.8 Å². The first-order valence-electron chi connectivity index (χ1n) is 8.31. The highest BCUT2D eigenvalue weighted by Crippen LogP contribution is 2.34. The van der Waals surface area contributed by atoms with Gasteiger partial charge in [-0.2, -0.15) is 0 Å². The van der Waals surface area contributed by atoms with Crippen LogP contribution in [0.25, 0.3) is 6.08 Å². The van der Waals surface area contributed by atoms with Crippen molar-refractivity contribution in [1.29, 1.82) is 0 Å². The first-order valence-corrected chi connectivity index (χ1v) is 9.12. The number of nitrogens with zero attached hydrogens (tertiary/aromatic N) is 2. The molecule has 7 heteroatoms. The second-order valence-corrected chi connectivity index (χ2v) is 6.70. The van der Waals surface area contributed by atoms with Crippen LogP contribution in [0.4, 0.5) is 5.69 Å². The molecule has 2 aromatic rings. The first kappa shape index (κ1) is 18.7. The fourth-order valence-corrected chi connectivity index (χ4v) is 3.45. The summed E-state index contributed by atoms with van der Waals surface area (Å²) < 4.78 is 5.61. The number of likely N-dealkylation sites (N-methyl/N-ethyl adjacent to an activating group) is 1. The number of benzene rings is 2. The van der Waals surface area contributed by atoms with Crippen molar-refractivity contribution in [2.45, 2.75) is 6.92 Å². The van der Waals surface area contributed by atoms with Gasteiger partial charge < -0.3 is 9.84 Å². The summed E-state index contributed by atoms with van der Waals surface area (Å²) in [6.45, 7) is 2.45. The van der Waals surface area contributed by atoms with Crippen molar-refractivity contribution in [1.82, 2.24) is 4.90 Å². The standard InChI is InChI=1S/C20H18N2O4S/c1-3-26-16-7-5-4-6-14(16)12-17-18(23)22(2)20(27-17)21-15-10-8-13(9-11-15)19(24)25/h4-12H,3H2,1-2H3,(H,24,25)/b17-12+,21-20?. The molecule has 0 atom stereocenters. The van der Waals surface area contributed by atoms with Gasteiger partial charge in [0.15, 0.2) is 5.17 Å². The van der Waals surface area contributed by atoms with Crippen molar-refractivity contribution < 1.29 is 19.4 Å². The summed E-state index contributed by atoms with van der Waals surface area (Å²) in [7, 11) is 1.66. The third-order valence-corrected chi connectivity index (χ3v) is 4.91. The molecule has 0 aliphatic carbocycles. The van der Waals surface area contributed by atoms with E-state index < -0.39 is 5.97 Å². The van der Waals surface area contributed by atoms with Gasteiger partial charge in [0.2, 0.25) is 0 Å². The SMILES string of the molecule is CCOc1ccccc1/C=C1/SC(=Nc2ccc(C(=O)O)cc2)N(C)C1=O. The Morgan fingerprint density at radius 2 is 1.93 bits per heavy atom. The van der Waals surface area contributed by atoms with E-state index >= 15 is 0 Å². The molecule has 1 aliphatic heterocycles. The monoisotopic (exact) mass is 382 g/mol. The van der Waals surface area contributed by atoms with Gasteiger partial charge in [-0.05, 0) is 55.1 Å². The van der Waals surface area contributed by atoms with E-state index in [1.807, 2.05) is 31.2 Å². The van der Waals surface area contributed by atoms with Crippen LogP contribution in [-0.4, -0.2) is 40.7 Å². The number of thioether (sulfide) groups is 1. The summed E-state index contributed by atoms with van der Waals surface area (Å²) in [6.07, 6.45) is 1.80. The van der Waals surface area contributed by atoms with Gasteiger partial charge in [-0.15, -0.1) is 0 Å². The molecule has 1 amide bonds. The summed E-state index contributed by atoms with van der Waals surface area (Å²) in [4.78, 5) is 30.0. The normalized spacial score (nSPS) is 17.0. The van der Waals surface area contributed by atoms with Crippen LogP contribution in [0.3, 0.4) is 0 Å². The predicted molar refractivity (Wildman–Crippen MR) is 106 cm³/mol. The summed E-state index contributed by atoms with van der Waals surface area (Å²) in [5.41, 5.74) is 1.60. The van der Waals surface area contributed by atoms with Crippen molar-refractivity contribution in [2.75, 3.05) is 13.7 Å². The third kappa shape index (κ3) is 4.20. The van der Waals surface area contributed by atoms with Gasteiger partial charge in [-0.25, -0.2) is 9.79 Å². The second kappa shape index (κ2) is 8.09. The number of aromatic carboxylic acids is 1. The number of rotatable bonds is 5. The lowest BCUT2D eigenvalue weighted by Gasteiger charge is -2.07. The Kier molecular flexibility index (Phi) is 5.61. The largest absolute Gasteiger partial charge is 0.493 e. The van der Waals surface area contributed by atoms with Gasteiger partial charge >= 0.3 is 5.97 Å². The highest BCUT2D eigenvalue weighted by molar-refractivity contribution is 8.18. The number of ether oxygens (including phenoxy) is 1. The number of carbonyl (C=O) groups excluding carboxylic acids is 1. The lowest BCUT2D eigenvalue weighted by Crippen LogP contribution is -2.23. The molecule has 138 valence electrons. The molecular weight excluding hydrogens is 364 g/mol. The van der Waals surface area contributed by atoms with E-state index in [0.29, 0.717) is 22.4 Å². The minimum Gasteiger partial charge on any atom is -0.493 e. The van der Waals surface area contributed by atoms with Gasteiger partial charge in [-0.1, -0.05) is 18.2 Å². The number of carboxylic acids is 1. The van der Waals surface area contributed by atoms with E-state index in [4.69, 9.17) is 9.84 Å². The number of hydrogen-bond donors (Lipinski definition) is 1. The van der Waals surface area contributed by atoms with Crippen LogP contribution in [0, 0.1) is 0 Å². The Balaban J connectivity index is 1.87. The molecule has 1 fully saturated rings. The highest BCUT2D eigenvalue weighted by atomic mass is 32.2. The van der Waals surface area contributed by atoms with Crippen molar-refractivity contribution in [3.05, 3.63) is 64.6 Å². The number of carboxylic acid groups (broad SMARTS) is 1. The van der Waals surface area contributed by atoms with Gasteiger partial charge in [0.05, 0.1) is 22.8 Å². The highest BCUT2D eigenvalue weighted by Gasteiger charge is 2.30. The lowest BCUT2D eigenvalue weighted by molar-refractivity contribution is -0.121. The number of hydrogen-bond acceptors (Lipinski definition) is 5. The Labute approximate surface area is 161 Å². The van der Waals surface area contributed by atoms with E-state index in [1.165, 1.54) is 28.8 Å². The second-order valence-electron chi connectivity index (χ2n) is 5.69. The van der Waals surface area contributed by atoms with E-state index in [1.54, 1.807) is 25.3 Å². The quantitative estimate of drug-likeness (QED) is 0.790. The number of amidine groups is 1. The molecule has 0 aromatic heterocycles. The van der Waals surface area contributed by atoms with E-state index in [0.717, 1.165) is 11.3 Å². The first-order chi connectivity index (χ1) is 13.0. The molecule has 0 saturated carbocycles. The number of amides is 1. The van der Waals surface area contributed by atoms with Crippen LogP contribution in [0.15, 0.2) is 58.4 Å². The number of para-hydroxylation sites is 1. The van der Waals surface area contributed by atoms with Crippen LogP contribution in [-0.2, 0) is 4.79 Å². The van der Waals surface area contributed by atoms with Gasteiger partial charge in [0.25, 0.3) is 5.91 Å².